The molecule has 2 rings (SSSR count). The van der Waals surface area contributed by atoms with Gasteiger partial charge in [0.15, 0.2) is 6.04 Å². The van der Waals surface area contributed by atoms with Crippen LogP contribution in [0.25, 0.3) is 0 Å². The minimum atomic E-state index is -1.18. The van der Waals surface area contributed by atoms with Crippen LogP contribution < -0.4 is 10.1 Å². The third-order valence-corrected chi connectivity index (χ3v) is 3.91. The highest BCUT2D eigenvalue weighted by Gasteiger charge is 2.25. The Kier molecular flexibility index (Phi) is 6.11. The largest absolute Gasteiger partial charge is 0.497 e. The van der Waals surface area contributed by atoms with Crippen molar-refractivity contribution < 1.29 is 23.8 Å². The Hall–Kier alpha value is -2.89. The number of ether oxygens (including phenoxy) is 1. The first-order valence-electron chi connectivity index (χ1n) is 7.83. The fraction of sp³-hybridized carbons (Fsp3) is 0.263. The fourth-order valence-corrected chi connectivity index (χ4v) is 2.46. The monoisotopic (exact) mass is 345 g/mol. The van der Waals surface area contributed by atoms with Gasteiger partial charge in [0.05, 0.1) is 7.11 Å². The minimum Gasteiger partial charge on any atom is -0.497 e. The van der Waals surface area contributed by atoms with Gasteiger partial charge in [-0.15, -0.1) is 0 Å². The fourth-order valence-electron chi connectivity index (χ4n) is 2.46. The maximum Gasteiger partial charge on any atom is 0.330 e. The molecule has 0 bridgehead atoms. The molecule has 2 atom stereocenters. The van der Waals surface area contributed by atoms with E-state index < -0.39 is 23.8 Å². The zero-order valence-electron chi connectivity index (χ0n) is 14.0. The van der Waals surface area contributed by atoms with E-state index in [1.54, 1.807) is 49.4 Å². The van der Waals surface area contributed by atoms with E-state index in [0.717, 1.165) is 0 Å². The molecule has 2 unspecified atom stereocenters. The molecule has 0 aliphatic heterocycles. The summed E-state index contributed by atoms with van der Waals surface area (Å²) in [4.78, 5) is 23.9. The van der Waals surface area contributed by atoms with E-state index in [1.165, 1.54) is 13.2 Å². The lowest BCUT2D eigenvalue weighted by Crippen LogP contribution is -2.37. The molecule has 0 saturated carbocycles. The number of amides is 1. The standard InChI is InChI=1S/C19H20FNO4/c1-12(11-14-5-3-4-6-16(14)20)18(22)21-17(19(23)24)13-7-9-15(25-2)10-8-13/h3-10,12,17H,11H2,1-2H3,(H,21,22)(H,23,24). The van der Waals surface area contributed by atoms with Gasteiger partial charge in [0.2, 0.25) is 5.91 Å². The van der Waals surface area contributed by atoms with Gasteiger partial charge in [-0.25, -0.2) is 9.18 Å². The molecule has 2 aromatic carbocycles. The molecule has 2 aromatic rings. The number of carboxylic acid groups (broad SMARTS) is 1. The zero-order chi connectivity index (χ0) is 18.4. The SMILES string of the molecule is COc1ccc(C(NC(=O)C(C)Cc2ccccc2F)C(=O)O)cc1. The van der Waals surface area contributed by atoms with Crippen molar-refractivity contribution in [2.45, 2.75) is 19.4 Å². The molecule has 132 valence electrons. The molecular weight excluding hydrogens is 325 g/mol. The van der Waals surface area contributed by atoms with Crippen molar-refractivity contribution in [3.8, 4) is 5.75 Å². The molecule has 0 spiro atoms. The van der Waals surface area contributed by atoms with Crippen molar-refractivity contribution in [1.29, 1.82) is 0 Å². The molecule has 0 aliphatic rings. The molecule has 1 amide bonds. The first-order chi connectivity index (χ1) is 11.9. The summed E-state index contributed by atoms with van der Waals surface area (Å²) in [5, 5.41) is 11.9. The summed E-state index contributed by atoms with van der Waals surface area (Å²) in [6.07, 6.45) is 0.188. The van der Waals surface area contributed by atoms with Crippen LogP contribution >= 0.6 is 0 Å². The van der Waals surface area contributed by atoms with Crippen molar-refractivity contribution in [2.75, 3.05) is 7.11 Å². The molecule has 0 saturated heterocycles. The van der Waals surface area contributed by atoms with Crippen molar-refractivity contribution in [3.05, 3.63) is 65.5 Å². The van der Waals surface area contributed by atoms with Crippen molar-refractivity contribution in [1.82, 2.24) is 5.32 Å². The van der Waals surface area contributed by atoms with Gasteiger partial charge in [-0.3, -0.25) is 4.79 Å². The lowest BCUT2D eigenvalue weighted by Gasteiger charge is -2.18. The number of halogens is 1. The van der Waals surface area contributed by atoms with E-state index in [-0.39, 0.29) is 12.2 Å². The maximum atomic E-state index is 13.7. The molecule has 0 aromatic heterocycles. The predicted molar refractivity (Wildman–Crippen MR) is 90.8 cm³/mol. The Morgan fingerprint density at radius 1 is 1.16 bits per heavy atom. The van der Waals surface area contributed by atoms with E-state index >= 15 is 0 Å². The van der Waals surface area contributed by atoms with Gasteiger partial charge in [-0.1, -0.05) is 37.3 Å². The highest BCUT2D eigenvalue weighted by Crippen LogP contribution is 2.19. The lowest BCUT2D eigenvalue weighted by molar-refractivity contribution is -0.142. The van der Waals surface area contributed by atoms with Gasteiger partial charge < -0.3 is 15.2 Å². The van der Waals surface area contributed by atoms with Crippen LogP contribution in [0.2, 0.25) is 0 Å². The normalized spacial score (nSPS) is 12.9. The van der Waals surface area contributed by atoms with Crippen LogP contribution in [0.15, 0.2) is 48.5 Å². The second-order valence-corrected chi connectivity index (χ2v) is 5.75. The van der Waals surface area contributed by atoms with Crippen LogP contribution in [0.1, 0.15) is 24.1 Å². The highest BCUT2D eigenvalue weighted by atomic mass is 19.1. The smallest absolute Gasteiger partial charge is 0.330 e. The van der Waals surface area contributed by atoms with Crippen molar-refractivity contribution in [2.24, 2.45) is 5.92 Å². The van der Waals surface area contributed by atoms with Crippen LogP contribution in [0.5, 0.6) is 5.75 Å². The van der Waals surface area contributed by atoms with Crippen LogP contribution in [0.4, 0.5) is 4.39 Å². The summed E-state index contributed by atoms with van der Waals surface area (Å²) in [7, 11) is 1.51. The number of carboxylic acids is 1. The Morgan fingerprint density at radius 3 is 2.36 bits per heavy atom. The summed E-state index contributed by atoms with van der Waals surface area (Å²) in [5.74, 6) is -1.99. The average Bonchev–Trinajstić information content (AvgIpc) is 2.61. The summed E-state index contributed by atoms with van der Waals surface area (Å²) >= 11 is 0. The number of hydrogen-bond acceptors (Lipinski definition) is 3. The number of aliphatic carboxylic acids is 1. The van der Waals surface area contributed by atoms with Crippen LogP contribution in [-0.4, -0.2) is 24.1 Å². The van der Waals surface area contributed by atoms with Crippen molar-refractivity contribution in [3.63, 3.8) is 0 Å². The van der Waals surface area contributed by atoms with Crippen molar-refractivity contribution >= 4 is 11.9 Å². The molecule has 25 heavy (non-hydrogen) atoms. The molecule has 0 aliphatic carbocycles. The zero-order valence-corrected chi connectivity index (χ0v) is 14.0. The number of methoxy groups -OCH3 is 1. The molecular formula is C19H20FNO4. The van der Waals surface area contributed by atoms with Gasteiger partial charge in [-0.2, -0.15) is 0 Å². The Balaban J connectivity index is 2.09. The predicted octanol–water partition coefficient (Wildman–Crippen LogP) is 2.96. The molecule has 2 N–H and O–H groups in total. The first kappa shape index (κ1) is 18.4. The third kappa shape index (κ3) is 4.79. The summed E-state index contributed by atoms with van der Waals surface area (Å²) in [6.45, 7) is 1.63. The van der Waals surface area contributed by atoms with E-state index in [9.17, 15) is 19.1 Å². The maximum absolute atomic E-state index is 13.7. The van der Waals surface area contributed by atoms with Gasteiger partial charge in [-0.05, 0) is 35.7 Å². The number of hydrogen-bond donors (Lipinski definition) is 2. The summed E-state index contributed by atoms with van der Waals surface area (Å²) < 4.78 is 18.7. The number of carbonyl (C=O) groups is 2. The number of nitrogens with one attached hydrogen (secondary N) is 1. The Bertz CT molecular complexity index is 745. The number of rotatable bonds is 7. The topological polar surface area (TPSA) is 75.6 Å². The lowest BCUT2D eigenvalue weighted by atomic mass is 9.98. The van der Waals surface area contributed by atoms with Crippen LogP contribution in [0, 0.1) is 11.7 Å². The number of benzene rings is 2. The average molecular weight is 345 g/mol. The van der Waals surface area contributed by atoms with E-state index in [4.69, 9.17) is 4.74 Å². The van der Waals surface area contributed by atoms with Gasteiger partial charge in [0, 0.05) is 5.92 Å². The number of carbonyl (C=O) groups excluding carboxylic acids is 1. The molecule has 0 radical (unpaired) electrons. The van der Waals surface area contributed by atoms with Gasteiger partial charge in [0.25, 0.3) is 0 Å². The quantitative estimate of drug-likeness (QED) is 0.809. The Labute approximate surface area is 145 Å². The van der Waals surface area contributed by atoms with Crippen LogP contribution in [0.3, 0.4) is 0 Å². The molecule has 0 heterocycles. The second-order valence-electron chi connectivity index (χ2n) is 5.75. The van der Waals surface area contributed by atoms with E-state index in [1.807, 2.05) is 0 Å². The minimum absolute atomic E-state index is 0.188. The molecule has 6 heteroatoms. The van der Waals surface area contributed by atoms with E-state index in [0.29, 0.717) is 16.9 Å². The summed E-state index contributed by atoms with van der Waals surface area (Å²) in [5.41, 5.74) is 0.848. The van der Waals surface area contributed by atoms with E-state index in [2.05, 4.69) is 5.32 Å². The first-order valence-corrected chi connectivity index (χ1v) is 7.83. The Morgan fingerprint density at radius 2 is 1.80 bits per heavy atom. The van der Waals surface area contributed by atoms with Crippen LogP contribution in [-0.2, 0) is 16.0 Å². The molecule has 5 nitrogen and oxygen atoms in total. The second kappa shape index (κ2) is 8.28. The van der Waals surface area contributed by atoms with Gasteiger partial charge in [0.1, 0.15) is 11.6 Å². The molecule has 0 fully saturated rings. The highest BCUT2D eigenvalue weighted by molar-refractivity contribution is 5.85. The third-order valence-electron chi connectivity index (χ3n) is 3.91. The van der Waals surface area contributed by atoms with Gasteiger partial charge >= 0.3 is 5.97 Å². The summed E-state index contributed by atoms with van der Waals surface area (Å²) in [6, 6.07) is 11.4.